The average Bonchev–Trinajstić information content (AvgIpc) is 3.27. The Morgan fingerprint density at radius 2 is 2.12 bits per heavy atom. The minimum atomic E-state index is -0.0641. The number of amides is 1. The largest absolute Gasteiger partial charge is 0.352 e. The van der Waals surface area contributed by atoms with Gasteiger partial charge in [0.25, 0.3) is 5.91 Å². The van der Waals surface area contributed by atoms with E-state index in [1.807, 2.05) is 31.2 Å². The maximum absolute atomic E-state index is 12.1. The molecule has 3 rings (SSSR count). The van der Waals surface area contributed by atoms with Gasteiger partial charge in [0.2, 0.25) is 0 Å². The van der Waals surface area contributed by atoms with Gasteiger partial charge in [-0.3, -0.25) is 4.79 Å². The zero-order valence-electron chi connectivity index (χ0n) is 13.6. The minimum absolute atomic E-state index is 0.0641. The molecule has 8 nitrogen and oxygen atoms in total. The summed E-state index contributed by atoms with van der Waals surface area (Å²) < 4.78 is 2.61. The molecule has 2 heterocycles. The lowest BCUT2D eigenvalue weighted by Gasteiger charge is -2.06. The molecule has 1 N–H and O–H groups in total. The van der Waals surface area contributed by atoms with Gasteiger partial charge in [-0.1, -0.05) is 35.2 Å². The minimum Gasteiger partial charge on any atom is -0.352 e. The molecule has 3 aromatic rings. The van der Waals surface area contributed by atoms with E-state index in [1.54, 1.807) is 34.1 Å². The van der Waals surface area contributed by atoms with E-state index >= 15 is 0 Å². The van der Waals surface area contributed by atoms with Crippen LogP contribution in [0.4, 0.5) is 0 Å². The van der Waals surface area contributed by atoms with E-state index in [4.69, 9.17) is 0 Å². The highest BCUT2D eigenvalue weighted by Crippen LogP contribution is 2.22. The van der Waals surface area contributed by atoms with Crippen molar-refractivity contribution in [2.24, 2.45) is 0 Å². The Morgan fingerprint density at radius 3 is 2.80 bits per heavy atom. The molecule has 10 heteroatoms. The fraction of sp³-hybridized carbons (Fsp3) is 0.333. The maximum atomic E-state index is 12.1. The Bertz CT molecular complexity index is 802. The van der Waals surface area contributed by atoms with E-state index in [0.717, 1.165) is 27.1 Å². The summed E-state index contributed by atoms with van der Waals surface area (Å²) in [6, 6.07) is 7.44. The second-order valence-electron chi connectivity index (χ2n) is 5.25. The van der Waals surface area contributed by atoms with Crippen molar-refractivity contribution in [1.29, 1.82) is 0 Å². The quantitative estimate of drug-likeness (QED) is 0.473. The lowest BCUT2D eigenvalue weighted by molar-refractivity contribution is 0.0954. The summed E-state index contributed by atoms with van der Waals surface area (Å²) in [5, 5.41) is 22.9. The van der Waals surface area contributed by atoms with Gasteiger partial charge in [-0.25, -0.2) is 4.68 Å². The van der Waals surface area contributed by atoms with E-state index in [-0.39, 0.29) is 5.91 Å². The maximum Gasteiger partial charge on any atom is 0.251 e. The average molecular weight is 375 g/mol. The van der Waals surface area contributed by atoms with Gasteiger partial charge in [-0.15, -0.1) is 15.3 Å². The summed E-state index contributed by atoms with van der Waals surface area (Å²) >= 11 is 3.26. The van der Waals surface area contributed by atoms with Crippen LogP contribution in [0.15, 0.2) is 34.9 Å². The molecule has 0 fully saturated rings. The highest BCUT2D eigenvalue weighted by atomic mass is 32.2. The number of aryl methyl sites for hydroxylation is 1. The number of hydrogen-bond donors (Lipinski definition) is 1. The number of rotatable bonds is 8. The fourth-order valence-corrected chi connectivity index (χ4v) is 3.90. The van der Waals surface area contributed by atoms with Gasteiger partial charge in [-0.2, -0.15) is 0 Å². The van der Waals surface area contributed by atoms with Gasteiger partial charge in [0.15, 0.2) is 4.34 Å². The molecule has 25 heavy (non-hydrogen) atoms. The third kappa shape index (κ3) is 5.33. The van der Waals surface area contributed by atoms with E-state index < -0.39 is 0 Å². The number of hydrogen-bond acceptors (Lipinski definition) is 8. The number of aromatic nitrogens is 6. The van der Waals surface area contributed by atoms with Crippen LogP contribution in [0.3, 0.4) is 0 Å². The second kappa shape index (κ2) is 8.67. The van der Waals surface area contributed by atoms with Crippen LogP contribution >= 0.6 is 23.1 Å². The lowest BCUT2D eigenvalue weighted by atomic mass is 10.1. The zero-order valence-corrected chi connectivity index (χ0v) is 15.3. The van der Waals surface area contributed by atoms with Gasteiger partial charge in [0.05, 0.1) is 6.54 Å². The summed E-state index contributed by atoms with van der Waals surface area (Å²) in [6.07, 6.45) is 2.44. The van der Waals surface area contributed by atoms with Crippen LogP contribution in [0.2, 0.25) is 0 Å². The fourth-order valence-electron chi connectivity index (χ4n) is 2.07. The molecule has 1 aromatic carbocycles. The number of benzene rings is 1. The Hall–Kier alpha value is -2.33. The first kappa shape index (κ1) is 17.5. The molecule has 0 aliphatic rings. The normalized spacial score (nSPS) is 10.8. The van der Waals surface area contributed by atoms with E-state index in [2.05, 4.69) is 31.0 Å². The number of nitrogens with zero attached hydrogens (tertiary/aromatic N) is 6. The predicted octanol–water partition coefficient (Wildman–Crippen LogP) is 1.79. The van der Waals surface area contributed by atoms with Crippen LogP contribution in [0.5, 0.6) is 0 Å². The smallest absolute Gasteiger partial charge is 0.251 e. The summed E-state index contributed by atoms with van der Waals surface area (Å²) in [5.74, 6) is 0.838. The van der Waals surface area contributed by atoms with Crippen molar-refractivity contribution in [2.75, 3.05) is 12.3 Å². The Labute approximate surface area is 153 Å². The van der Waals surface area contributed by atoms with Crippen molar-refractivity contribution in [2.45, 2.75) is 24.2 Å². The van der Waals surface area contributed by atoms with Crippen LogP contribution in [0.1, 0.15) is 27.3 Å². The summed E-state index contributed by atoms with van der Waals surface area (Å²) in [7, 11) is 0. The first-order valence-corrected chi connectivity index (χ1v) is 9.52. The molecule has 0 unspecified atom stereocenters. The van der Waals surface area contributed by atoms with Crippen molar-refractivity contribution in [3.63, 3.8) is 0 Å². The molecule has 0 atom stereocenters. The number of nitrogens with one attached hydrogen (secondary N) is 1. The van der Waals surface area contributed by atoms with Crippen molar-refractivity contribution in [1.82, 2.24) is 35.7 Å². The third-order valence-electron chi connectivity index (χ3n) is 3.29. The van der Waals surface area contributed by atoms with Crippen LogP contribution in [0, 0.1) is 6.92 Å². The van der Waals surface area contributed by atoms with Crippen LogP contribution in [0.25, 0.3) is 0 Å². The highest BCUT2D eigenvalue weighted by molar-refractivity contribution is 8.01. The molecule has 130 valence electrons. The third-order valence-corrected chi connectivity index (χ3v) is 5.35. The topological polar surface area (TPSA) is 98.5 Å². The first-order valence-electron chi connectivity index (χ1n) is 7.71. The van der Waals surface area contributed by atoms with Gasteiger partial charge in [0, 0.05) is 17.9 Å². The first-order chi connectivity index (χ1) is 12.2. The number of carbonyl (C=O) groups excluding carboxylic acids is 1. The Morgan fingerprint density at radius 1 is 1.28 bits per heavy atom. The van der Waals surface area contributed by atoms with Crippen LogP contribution in [-0.4, -0.2) is 48.6 Å². The molecule has 0 saturated heterocycles. The van der Waals surface area contributed by atoms with Gasteiger partial charge >= 0.3 is 0 Å². The molecule has 0 radical (unpaired) electrons. The second-order valence-corrected chi connectivity index (χ2v) is 7.77. The molecular formula is C15H17N7OS2. The molecule has 0 aliphatic carbocycles. The number of carbonyl (C=O) groups is 1. The van der Waals surface area contributed by atoms with E-state index in [1.165, 1.54) is 0 Å². The van der Waals surface area contributed by atoms with E-state index in [9.17, 15) is 4.79 Å². The highest BCUT2D eigenvalue weighted by Gasteiger charge is 2.06. The molecule has 0 saturated carbocycles. The summed E-state index contributed by atoms with van der Waals surface area (Å²) in [5.41, 5.74) is 1.68. The Kier molecular flexibility index (Phi) is 6.07. The monoisotopic (exact) mass is 375 g/mol. The zero-order chi connectivity index (χ0) is 17.5. The summed E-state index contributed by atoms with van der Waals surface area (Å²) in [4.78, 5) is 12.1. The van der Waals surface area contributed by atoms with Crippen LogP contribution < -0.4 is 5.32 Å². The molecule has 2 aromatic heterocycles. The Balaban J connectivity index is 1.39. The molecule has 0 aliphatic heterocycles. The van der Waals surface area contributed by atoms with Gasteiger partial charge in [-0.05, 0) is 41.5 Å². The van der Waals surface area contributed by atoms with Gasteiger partial charge < -0.3 is 5.32 Å². The van der Waals surface area contributed by atoms with Crippen molar-refractivity contribution in [3.05, 3.63) is 46.7 Å². The van der Waals surface area contributed by atoms with Crippen molar-refractivity contribution >= 4 is 29.0 Å². The number of thioether (sulfide) groups is 1. The molecule has 0 spiro atoms. The molecular weight excluding hydrogens is 358 g/mol. The predicted molar refractivity (Wildman–Crippen MR) is 95.7 cm³/mol. The van der Waals surface area contributed by atoms with Crippen molar-refractivity contribution in [3.8, 4) is 0 Å². The van der Waals surface area contributed by atoms with E-state index in [0.29, 0.717) is 18.7 Å². The van der Waals surface area contributed by atoms with Crippen molar-refractivity contribution < 1.29 is 4.79 Å². The van der Waals surface area contributed by atoms with Gasteiger partial charge in [0.1, 0.15) is 11.3 Å². The molecule has 1 amide bonds. The summed E-state index contributed by atoms with van der Waals surface area (Å²) in [6.45, 7) is 3.16. The molecule has 0 bridgehead atoms. The standard InChI is InChI=1S/C15H17N7OS2/c1-11-18-19-15(25-11)24-8-2-7-16-14(23)13-5-3-12(4-6-13)9-22-10-17-20-21-22/h3-6,10H,2,7-9H2,1H3,(H,16,23). The number of tetrazole rings is 1. The lowest BCUT2D eigenvalue weighted by Crippen LogP contribution is -2.24. The van der Waals surface area contributed by atoms with Crippen LogP contribution in [-0.2, 0) is 6.54 Å². The SMILES string of the molecule is Cc1nnc(SCCCNC(=O)c2ccc(Cn3cnnn3)cc2)s1.